The third-order valence-electron chi connectivity index (χ3n) is 1.08. The van der Waals surface area contributed by atoms with Crippen molar-refractivity contribution in [3.8, 4) is 5.88 Å². The molecule has 0 aliphatic rings. The van der Waals surface area contributed by atoms with E-state index in [0.29, 0.717) is 0 Å². The van der Waals surface area contributed by atoms with Crippen LogP contribution in [0, 0.1) is 0 Å². The Kier molecular flexibility index (Phi) is 2.76. The quantitative estimate of drug-likeness (QED) is 0.788. The molecule has 74 valence electrons. The lowest BCUT2D eigenvalue weighted by molar-refractivity contribution is -0.154. The molecule has 0 aliphatic carbocycles. The van der Waals surface area contributed by atoms with E-state index in [0.717, 1.165) is 6.07 Å². The van der Waals surface area contributed by atoms with Gasteiger partial charge in [0.15, 0.2) is 12.4 Å². The van der Waals surface area contributed by atoms with E-state index < -0.39 is 19.4 Å². The van der Waals surface area contributed by atoms with Crippen LogP contribution in [0.5, 0.6) is 5.88 Å². The molecule has 13 heavy (non-hydrogen) atoms. The van der Waals surface area contributed by atoms with E-state index in [-0.39, 0.29) is 11.6 Å². The van der Waals surface area contributed by atoms with Crippen LogP contribution in [0.4, 0.5) is 13.2 Å². The van der Waals surface area contributed by atoms with Crippen LogP contribution < -0.4 is 4.74 Å². The highest BCUT2D eigenvalue weighted by molar-refractivity contribution is 5.10. The Bertz CT molecular complexity index is 270. The number of halogens is 3. The van der Waals surface area contributed by atoms with Crippen LogP contribution in [0.2, 0.25) is 0 Å². The fourth-order valence-electron chi connectivity index (χ4n) is 0.592. The van der Waals surface area contributed by atoms with Crippen LogP contribution >= 0.6 is 0 Å². The molecule has 0 aromatic carbocycles. The largest absolute Gasteiger partial charge is 0.466 e. The number of aromatic nitrogens is 1. The molecule has 0 amide bonds. The van der Waals surface area contributed by atoms with Gasteiger partial charge >= 0.3 is 6.18 Å². The van der Waals surface area contributed by atoms with Gasteiger partial charge in [-0.2, -0.15) is 13.2 Å². The molecule has 0 saturated heterocycles. The smallest absolute Gasteiger partial charge is 0.422 e. The first-order valence-corrected chi connectivity index (χ1v) is 3.27. The Hall–Kier alpha value is -1.24. The monoisotopic (exact) mass is 197 g/mol. The molecule has 0 radical (unpaired) electrons. The summed E-state index contributed by atoms with van der Waals surface area (Å²) in [5.74, 6) is -0.237. The molecule has 0 unspecified atom stereocenters. The third-order valence-corrected chi connectivity index (χ3v) is 1.08. The second kappa shape index (κ2) is 3.65. The standard InChI is InChI=1S/C6H6F3NO3/c7-6(8,9)3-12-5-1-4(2-11)13-10-5/h1,11H,2-3H2. The van der Waals surface area contributed by atoms with Gasteiger partial charge in [0.1, 0.15) is 6.61 Å². The minimum Gasteiger partial charge on any atom is -0.466 e. The SMILES string of the molecule is OCc1cc(OCC(F)(F)F)no1. The number of ether oxygens (including phenoxy) is 1. The van der Waals surface area contributed by atoms with Gasteiger partial charge in [-0.15, -0.1) is 0 Å². The number of hydrogen-bond donors (Lipinski definition) is 1. The van der Waals surface area contributed by atoms with Gasteiger partial charge in [0.25, 0.3) is 5.88 Å². The maximum Gasteiger partial charge on any atom is 0.422 e. The molecule has 4 nitrogen and oxygen atoms in total. The van der Waals surface area contributed by atoms with Crippen molar-refractivity contribution in [2.75, 3.05) is 6.61 Å². The van der Waals surface area contributed by atoms with Crippen molar-refractivity contribution >= 4 is 0 Å². The van der Waals surface area contributed by atoms with Crippen molar-refractivity contribution < 1.29 is 27.5 Å². The number of nitrogens with zero attached hydrogens (tertiary/aromatic N) is 1. The van der Waals surface area contributed by atoms with Gasteiger partial charge < -0.3 is 14.4 Å². The molecule has 1 aromatic heterocycles. The Balaban J connectivity index is 2.46. The maximum absolute atomic E-state index is 11.6. The predicted octanol–water partition coefficient (Wildman–Crippen LogP) is 1.11. The summed E-state index contributed by atoms with van der Waals surface area (Å²) in [5, 5.41) is 11.6. The lowest BCUT2D eigenvalue weighted by Crippen LogP contribution is -2.19. The first kappa shape index (κ1) is 9.85. The minimum absolute atomic E-state index is 0.0529. The normalized spacial score (nSPS) is 11.7. The highest BCUT2D eigenvalue weighted by Gasteiger charge is 2.28. The average molecular weight is 197 g/mol. The van der Waals surface area contributed by atoms with Crippen molar-refractivity contribution in [1.29, 1.82) is 0 Å². The fourth-order valence-corrected chi connectivity index (χ4v) is 0.592. The van der Waals surface area contributed by atoms with E-state index in [1.807, 2.05) is 0 Å². The molecule has 1 N–H and O–H groups in total. The molecule has 1 rings (SSSR count). The van der Waals surface area contributed by atoms with E-state index in [1.54, 1.807) is 0 Å². The zero-order chi connectivity index (χ0) is 9.90. The molecule has 7 heteroatoms. The van der Waals surface area contributed by atoms with Gasteiger partial charge in [-0.1, -0.05) is 0 Å². The molecule has 1 aromatic rings. The number of rotatable bonds is 3. The van der Waals surface area contributed by atoms with Gasteiger partial charge in [0.05, 0.1) is 0 Å². The Morgan fingerprint density at radius 2 is 2.23 bits per heavy atom. The maximum atomic E-state index is 11.6. The lowest BCUT2D eigenvalue weighted by atomic mass is 10.5. The molecular formula is C6H6F3NO3. The predicted molar refractivity (Wildman–Crippen MR) is 34.0 cm³/mol. The van der Waals surface area contributed by atoms with Crippen LogP contribution in [-0.4, -0.2) is 23.0 Å². The second-order valence-corrected chi connectivity index (χ2v) is 2.19. The zero-order valence-corrected chi connectivity index (χ0v) is 6.34. The lowest BCUT2D eigenvalue weighted by Gasteiger charge is -2.04. The molecule has 0 saturated carbocycles. The Labute approximate surface area is 70.9 Å². The second-order valence-electron chi connectivity index (χ2n) is 2.19. The number of alkyl halides is 3. The first-order chi connectivity index (χ1) is 6.01. The Morgan fingerprint density at radius 1 is 1.54 bits per heavy atom. The highest BCUT2D eigenvalue weighted by atomic mass is 19.4. The first-order valence-electron chi connectivity index (χ1n) is 3.27. The van der Waals surface area contributed by atoms with E-state index >= 15 is 0 Å². The third kappa shape index (κ3) is 3.32. The highest BCUT2D eigenvalue weighted by Crippen LogP contribution is 2.18. The minimum atomic E-state index is -4.40. The van der Waals surface area contributed by atoms with Gasteiger partial charge in [0.2, 0.25) is 0 Å². The van der Waals surface area contributed by atoms with Gasteiger partial charge in [-0.05, 0) is 5.16 Å². The molecule has 0 atom stereocenters. The average Bonchev–Trinajstić information content (AvgIpc) is 2.47. The molecule has 0 fully saturated rings. The van der Waals surface area contributed by atoms with Crippen LogP contribution in [-0.2, 0) is 6.61 Å². The molecule has 0 spiro atoms. The summed E-state index contributed by atoms with van der Waals surface area (Å²) in [5.41, 5.74) is 0. The van der Waals surface area contributed by atoms with E-state index in [2.05, 4.69) is 14.4 Å². The van der Waals surface area contributed by atoms with E-state index in [1.165, 1.54) is 0 Å². The summed E-state index contributed by atoms with van der Waals surface area (Å²) >= 11 is 0. The summed E-state index contributed by atoms with van der Waals surface area (Å²) in [6, 6.07) is 1.09. The van der Waals surface area contributed by atoms with Gasteiger partial charge in [-0.3, -0.25) is 0 Å². The van der Waals surface area contributed by atoms with Crippen molar-refractivity contribution in [2.24, 2.45) is 0 Å². The van der Waals surface area contributed by atoms with Crippen molar-refractivity contribution in [1.82, 2.24) is 5.16 Å². The fraction of sp³-hybridized carbons (Fsp3) is 0.500. The molecule has 1 heterocycles. The summed E-state index contributed by atoms with van der Waals surface area (Å²) in [6.45, 7) is -1.85. The topological polar surface area (TPSA) is 55.5 Å². The molecular weight excluding hydrogens is 191 g/mol. The molecule has 0 aliphatic heterocycles. The van der Waals surface area contributed by atoms with Crippen molar-refractivity contribution in [3.63, 3.8) is 0 Å². The summed E-state index contributed by atoms with van der Waals surface area (Å²) in [6.07, 6.45) is -4.40. The Morgan fingerprint density at radius 3 is 2.69 bits per heavy atom. The van der Waals surface area contributed by atoms with Crippen molar-refractivity contribution in [2.45, 2.75) is 12.8 Å². The number of aliphatic hydroxyl groups excluding tert-OH is 1. The van der Waals surface area contributed by atoms with Gasteiger partial charge in [-0.25, -0.2) is 0 Å². The van der Waals surface area contributed by atoms with Crippen molar-refractivity contribution in [3.05, 3.63) is 11.8 Å². The van der Waals surface area contributed by atoms with E-state index in [4.69, 9.17) is 5.11 Å². The summed E-state index contributed by atoms with van der Waals surface area (Å²) < 4.78 is 43.4. The van der Waals surface area contributed by atoms with Crippen LogP contribution in [0.15, 0.2) is 10.6 Å². The van der Waals surface area contributed by atoms with Crippen LogP contribution in [0.25, 0.3) is 0 Å². The molecule has 0 bridgehead atoms. The number of aliphatic hydroxyl groups is 1. The van der Waals surface area contributed by atoms with E-state index in [9.17, 15) is 13.2 Å². The van der Waals surface area contributed by atoms with Crippen LogP contribution in [0.3, 0.4) is 0 Å². The summed E-state index contributed by atoms with van der Waals surface area (Å²) in [7, 11) is 0. The summed E-state index contributed by atoms with van der Waals surface area (Å²) in [4.78, 5) is 0. The van der Waals surface area contributed by atoms with Crippen LogP contribution in [0.1, 0.15) is 5.76 Å². The van der Waals surface area contributed by atoms with Gasteiger partial charge in [0, 0.05) is 6.07 Å². The zero-order valence-electron chi connectivity index (χ0n) is 6.34. The number of hydrogen-bond acceptors (Lipinski definition) is 4.